The van der Waals surface area contributed by atoms with Crippen molar-refractivity contribution in [1.82, 2.24) is 4.90 Å². The van der Waals surface area contributed by atoms with Crippen molar-refractivity contribution in [3.8, 4) is 0 Å². The van der Waals surface area contributed by atoms with Crippen LogP contribution in [0.2, 0.25) is 5.04 Å². The lowest BCUT2D eigenvalue weighted by Crippen LogP contribution is -2.50. The first-order valence-electron chi connectivity index (χ1n) is 6.42. The molecule has 0 aliphatic carbocycles. The average molecular weight is 274 g/mol. The predicted octanol–water partition coefficient (Wildman–Crippen LogP) is 1.16. The molecule has 0 aromatic heterocycles. The van der Waals surface area contributed by atoms with Crippen LogP contribution in [0.5, 0.6) is 0 Å². The molecule has 0 spiro atoms. The molecular formula is C12H26N2O3Si. The highest BCUT2D eigenvalue weighted by atomic mass is 28.2. The van der Waals surface area contributed by atoms with Gasteiger partial charge in [0.15, 0.2) is 9.76 Å². The summed E-state index contributed by atoms with van der Waals surface area (Å²) in [5, 5.41) is 9.42. The molecule has 0 saturated carbocycles. The zero-order chi connectivity index (χ0) is 14.1. The second kappa shape index (κ2) is 5.18. The van der Waals surface area contributed by atoms with Crippen molar-refractivity contribution in [2.24, 2.45) is 5.73 Å². The third-order valence-corrected chi connectivity index (χ3v) is 5.01. The second-order valence-corrected chi connectivity index (χ2v) is 9.60. The van der Waals surface area contributed by atoms with Crippen molar-refractivity contribution in [1.29, 1.82) is 0 Å². The molecule has 0 radical (unpaired) electrons. The minimum Gasteiger partial charge on any atom is -0.465 e. The molecule has 0 aromatic rings. The van der Waals surface area contributed by atoms with Crippen molar-refractivity contribution >= 4 is 15.9 Å². The summed E-state index contributed by atoms with van der Waals surface area (Å²) in [7, 11) is -0.713. The summed E-state index contributed by atoms with van der Waals surface area (Å²) in [6.07, 6.45) is -0.222. The van der Waals surface area contributed by atoms with Crippen LogP contribution in [0.4, 0.5) is 4.79 Å². The Morgan fingerprint density at radius 2 is 1.94 bits per heavy atom. The molecule has 2 unspecified atom stereocenters. The van der Waals surface area contributed by atoms with E-state index in [9.17, 15) is 9.90 Å². The number of nitrogens with zero attached hydrogens (tertiary/aromatic N) is 1. The Morgan fingerprint density at radius 3 is 2.39 bits per heavy atom. The smallest absolute Gasteiger partial charge is 0.407 e. The fourth-order valence-electron chi connectivity index (χ4n) is 2.24. The molecule has 1 fully saturated rings. The number of carboxylic acid groups (broad SMARTS) is 1. The van der Waals surface area contributed by atoms with Gasteiger partial charge in [0, 0.05) is 12.6 Å². The summed E-state index contributed by atoms with van der Waals surface area (Å²) >= 11 is 0. The van der Waals surface area contributed by atoms with Gasteiger partial charge in [0.1, 0.15) is 0 Å². The van der Waals surface area contributed by atoms with Gasteiger partial charge in [-0.15, -0.1) is 0 Å². The van der Waals surface area contributed by atoms with Crippen LogP contribution in [-0.2, 0) is 4.43 Å². The lowest BCUT2D eigenvalue weighted by Gasteiger charge is -2.38. The second-order valence-electron chi connectivity index (χ2n) is 6.90. The van der Waals surface area contributed by atoms with Crippen LogP contribution in [0.1, 0.15) is 41.0 Å². The van der Waals surface area contributed by atoms with Crippen LogP contribution < -0.4 is 5.73 Å². The van der Waals surface area contributed by atoms with E-state index in [0.717, 1.165) is 0 Å². The average Bonchev–Trinajstić information content (AvgIpc) is 2.57. The predicted molar refractivity (Wildman–Crippen MR) is 74.5 cm³/mol. The fraction of sp³-hybridized carbons (Fsp3) is 0.917. The summed E-state index contributed by atoms with van der Waals surface area (Å²) in [6, 6.07) is -0.217. The molecule has 1 amide bonds. The number of hydrogen-bond donors (Lipinski definition) is 2. The van der Waals surface area contributed by atoms with Gasteiger partial charge in [-0.05, 0) is 25.3 Å². The molecule has 1 rings (SSSR count). The van der Waals surface area contributed by atoms with Crippen LogP contribution in [0.25, 0.3) is 0 Å². The molecule has 6 heteroatoms. The maximum atomic E-state index is 11.2. The Bertz CT molecular complexity index is 315. The molecule has 0 aromatic carbocycles. The normalized spacial score (nSPS) is 26.2. The van der Waals surface area contributed by atoms with E-state index in [1.54, 1.807) is 0 Å². The van der Waals surface area contributed by atoms with Crippen LogP contribution in [0, 0.1) is 0 Å². The number of rotatable bonds is 3. The molecular weight excluding hydrogens is 248 g/mol. The summed E-state index contributed by atoms with van der Waals surface area (Å²) < 4.78 is 6.08. The van der Waals surface area contributed by atoms with Gasteiger partial charge in [-0.2, -0.15) is 0 Å². The molecule has 0 bridgehead atoms. The van der Waals surface area contributed by atoms with E-state index in [4.69, 9.17) is 10.2 Å². The Balaban J connectivity index is 2.73. The molecule has 106 valence electrons. The minimum absolute atomic E-state index is 0.0784. The van der Waals surface area contributed by atoms with Crippen molar-refractivity contribution in [3.05, 3.63) is 0 Å². The summed E-state index contributed by atoms with van der Waals surface area (Å²) in [5.41, 5.74) is 5.43. The van der Waals surface area contributed by atoms with Gasteiger partial charge >= 0.3 is 6.09 Å². The molecule has 5 nitrogen and oxygen atoms in total. The Morgan fingerprint density at radius 1 is 1.39 bits per heavy atom. The highest BCUT2D eigenvalue weighted by Gasteiger charge is 2.43. The van der Waals surface area contributed by atoms with Gasteiger partial charge in [-0.3, -0.25) is 0 Å². The molecule has 18 heavy (non-hydrogen) atoms. The van der Waals surface area contributed by atoms with Gasteiger partial charge in [-0.1, -0.05) is 20.8 Å². The standard InChI is InChI=1S/C12H26N2O3Si/c1-11(2,3)18-17-12(4,5)9-6-8(13)7-14(9)10(15)16/h8-9H,6-7,13,18H2,1-5H3,(H,15,16). The van der Waals surface area contributed by atoms with E-state index in [2.05, 4.69) is 20.8 Å². The zero-order valence-electron chi connectivity index (χ0n) is 12.1. The summed E-state index contributed by atoms with van der Waals surface area (Å²) in [4.78, 5) is 12.7. The molecule has 1 aliphatic rings. The van der Waals surface area contributed by atoms with E-state index in [0.29, 0.717) is 13.0 Å². The van der Waals surface area contributed by atoms with Gasteiger partial charge in [0.25, 0.3) is 0 Å². The van der Waals surface area contributed by atoms with Crippen LogP contribution in [-0.4, -0.2) is 50.1 Å². The van der Waals surface area contributed by atoms with Crippen LogP contribution >= 0.6 is 0 Å². The highest BCUT2D eigenvalue weighted by molar-refractivity contribution is 6.31. The SMILES string of the molecule is CC(C)(C)[SiH2]OC(C)(C)C1CC(N)CN1C(=O)O. The van der Waals surface area contributed by atoms with Crippen LogP contribution in [0.3, 0.4) is 0 Å². The number of carbonyl (C=O) groups is 1. The largest absolute Gasteiger partial charge is 0.465 e. The van der Waals surface area contributed by atoms with Gasteiger partial charge in [0.2, 0.25) is 0 Å². The van der Waals surface area contributed by atoms with Crippen molar-refractivity contribution in [2.75, 3.05) is 6.54 Å². The monoisotopic (exact) mass is 274 g/mol. The summed E-state index contributed by atoms with van der Waals surface area (Å²) in [5.74, 6) is 0. The Kier molecular flexibility index (Phi) is 4.45. The number of amides is 1. The fourth-order valence-corrected chi connectivity index (χ4v) is 3.24. The first kappa shape index (κ1) is 15.5. The first-order valence-corrected chi connectivity index (χ1v) is 7.70. The van der Waals surface area contributed by atoms with E-state index >= 15 is 0 Å². The lowest BCUT2D eigenvalue weighted by atomic mass is 9.96. The molecule has 3 N–H and O–H groups in total. The first-order chi connectivity index (χ1) is 8.03. The van der Waals surface area contributed by atoms with E-state index < -0.39 is 21.5 Å². The van der Waals surface area contributed by atoms with E-state index in [-0.39, 0.29) is 17.1 Å². The number of nitrogens with two attached hydrogens (primary N) is 1. The number of likely N-dealkylation sites (tertiary alicyclic amines) is 1. The maximum Gasteiger partial charge on any atom is 0.407 e. The third-order valence-electron chi connectivity index (χ3n) is 3.26. The van der Waals surface area contributed by atoms with Crippen molar-refractivity contribution < 1.29 is 14.3 Å². The Hall–Kier alpha value is -0.593. The van der Waals surface area contributed by atoms with Crippen molar-refractivity contribution in [2.45, 2.75) is 63.8 Å². The summed E-state index contributed by atoms with van der Waals surface area (Å²) in [6.45, 7) is 10.8. The highest BCUT2D eigenvalue weighted by Crippen LogP contribution is 2.31. The topological polar surface area (TPSA) is 75.8 Å². The quantitative estimate of drug-likeness (QED) is 0.757. The third kappa shape index (κ3) is 3.96. The van der Waals surface area contributed by atoms with Gasteiger partial charge in [0.05, 0.1) is 11.6 Å². The molecule has 1 saturated heterocycles. The molecule has 2 atom stereocenters. The Labute approximate surface area is 112 Å². The van der Waals surface area contributed by atoms with Crippen LogP contribution in [0.15, 0.2) is 0 Å². The van der Waals surface area contributed by atoms with E-state index in [1.807, 2.05) is 13.8 Å². The lowest BCUT2D eigenvalue weighted by molar-refractivity contribution is 0.0222. The van der Waals surface area contributed by atoms with Gasteiger partial charge < -0.3 is 20.2 Å². The van der Waals surface area contributed by atoms with Crippen molar-refractivity contribution in [3.63, 3.8) is 0 Å². The number of hydrogen-bond acceptors (Lipinski definition) is 3. The van der Waals surface area contributed by atoms with Gasteiger partial charge in [-0.25, -0.2) is 4.79 Å². The van der Waals surface area contributed by atoms with E-state index in [1.165, 1.54) is 4.90 Å². The molecule has 1 heterocycles. The zero-order valence-corrected chi connectivity index (χ0v) is 13.5. The maximum absolute atomic E-state index is 11.2. The molecule has 1 aliphatic heterocycles. The minimum atomic E-state index is -0.901.